The number of carbonyl (C=O) groups is 2. The van der Waals surface area contributed by atoms with Crippen LogP contribution in [0.1, 0.15) is 16.1 Å². The van der Waals surface area contributed by atoms with Crippen LogP contribution in [-0.4, -0.2) is 27.8 Å². The smallest absolute Gasteiger partial charge is 0.251 e. The maximum Gasteiger partial charge on any atom is 0.251 e. The molecule has 0 atom stereocenters. The topological polar surface area (TPSA) is 86.9 Å². The first-order valence-corrected chi connectivity index (χ1v) is 7.04. The normalized spacial score (nSPS) is 13.5. The molecule has 0 unspecified atom stereocenters. The molecule has 1 aromatic heterocycles. The van der Waals surface area contributed by atoms with Crippen LogP contribution in [0.4, 0.5) is 5.69 Å². The number of carbonyl (C=O) groups excluding carboxylic acids is 2. The lowest BCUT2D eigenvalue weighted by Gasteiger charge is -2.16. The first-order chi connectivity index (χ1) is 9.72. The molecule has 0 bridgehead atoms. The third kappa shape index (κ3) is 2.67. The number of aromatic amines is 1. The van der Waals surface area contributed by atoms with E-state index in [0.29, 0.717) is 23.5 Å². The SMILES string of the molecule is O=C1CSc2ccc(C(=O)NCc3ccn[nH]3)cc2N1. The molecule has 0 saturated carbocycles. The van der Waals surface area contributed by atoms with Crippen molar-refractivity contribution in [3.63, 3.8) is 0 Å². The van der Waals surface area contributed by atoms with E-state index in [9.17, 15) is 9.59 Å². The molecule has 3 N–H and O–H groups in total. The van der Waals surface area contributed by atoms with E-state index in [1.165, 1.54) is 11.8 Å². The minimum absolute atomic E-state index is 0.0440. The Kier molecular flexibility index (Phi) is 3.42. The van der Waals surface area contributed by atoms with Crippen LogP contribution in [0.3, 0.4) is 0 Å². The first kappa shape index (κ1) is 12.7. The second-order valence-electron chi connectivity index (χ2n) is 4.31. The molecule has 0 radical (unpaired) electrons. The molecule has 2 aromatic rings. The predicted octanol–water partition coefficient (Wildman–Crippen LogP) is 1.38. The van der Waals surface area contributed by atoms with Crippen LogP contribution in [0.5, 0.6) is 0 Å². The van der Waals surface area contributed by atoms with Crippen LogP contribution in [-0.2, 0) is 11.3 Å². The van der Waals surface area contributed by atoms with Crippen LogP contribution in [0.25, 0.3) is 0 Å². The van der Waals surface area contributed by atoms with Gasteiger partial charge in [0.05, 0.1) is 23.7 Å². The third-order valence-corrected chi connectivity index (χ3v) is 3.95. The maximum atomic E-state index is 12.0. The summed E-state index contributed by atoms with van der Waals surface area (Å²) in [4.78, 5) is 24.4. The van der Waals surface area contributed by atoms with E-state index < -0.39 is 0 Å². The van der Waals surface area contributed by atoms with Gasteiger partial charge in [0.25, 0.3) is 5.91 Å². The van der Waals surface area contributed by atoms with Gasteiger partial charge in [-0.05, 0) is 24.3 Å². The second kappa shape index (κ2) is 5.38. The standard InChI is InChI=1S/C13H12N4O2S/c18-12-7-20-11-2-1-8(5-10(11)16-12)13(19)14-6-9-3-4-15-17-9/h1-5H,6-7H2,(H,14,19)(H,15,17)(H,16,18). The van der Waals surface area contributed by atoms with Crippen molar-refractivity contribution >= 4 is 29.3 Å². The summed E-state index contributed by atoms with van der Waals surface area (Å²) in [6.07, 6.45) is 1.63. The molecule has 0 spiro atoms. The van der Waals surface area contributed by atoms with E-state index in [-0.39, 0.29) is 11.8 Å². The molecule has 20 heavy (non-hydrogen) atoms. The zero-order chi connectivity index (χ0) is 13.9. The molecule has 6 nitrogen and oxygen atoms in total. The monoisotopic (exact) mass is 288 g/mol. The van der Waals surface area contributed by atoms with Crippen LogP contribution < -0.4 is 10.6 Å². The van der Waals surface area contributed by atoms with Gasteiger partial charge in [0, 0.05) is 16.7 Å². The van der Waals surface area contributed by atoms with Gasteiger partial charge in [0.1, 0.15) is 0 Å². The molecule has 2 heterocycles. The van der Waals surface area contributed by atoms with Crippen molar-refractivity contribution < 1.29 is 9.59 Å². The molecule has 1 aromatic carbocycles. The fraction of sp³-hybridized carbons (Fsp3) is 0.154. The maximum absolute atomic E-state index is 12.0. The molecule has 0 fully saturated rings. The second-order valence-corrected chi connectivity index (χ2v) is 5.33. The van der Waals surface area contributed by atoms with Crippen molar-refractivity contribution in [2.24, 2.45) is 0 Å². The number of nitrogens with one attached hydrogen (secondary N) is 3. The van der Waals surface area contributed by atoms with Gasteiger partial charge in [0.15, 0.2) is 0 Å². The summed E-state index contributed by atoms with van der Waals surface area (Å²) in [5.74, 6) is 0.183. The minimum atomic E-state index is -0.188. The fourth-order valence-corrected chi connectivity index (χ4v) is 2.67. The lowest BCUT2D eigenvalue weighted by atomic mass is 10.2. The summed E-state index contributed by atoms with van der Waals surface area (Å²) in [7, 11) is 0. The van der Waals surface area contributed by atoms with Crippen molar-refractivity contribution in [2.45, 2.75) is 11.4 Å². The van der Waals surface area contributed by atoms with Gasteiger partial charge in [-0.25, -0.2) is 0 Å². The van der Waals surface area contributed by atoms with E-state index in [1.807, 2.05) is 6.07 Å². The van der Waals surface area contributed by atoms with Gasteiger partial charge in [-0.3, -0.25) is 14.7 Å². The summed E-state index contributed by atoms with van der Waals surface area (Å²) >= 11 is 1.47. The van der Waals surface area contributed by atoms with E-state index in [2.05, 4.69) is 20.8 Å². The van der Waals surface area contributed by atoms with Crippen LogP contribution in [0, 0.1) is 0 Å². The number of fused-ring (bicyclic) bond motifs is 1. The number of rotatable bonds is 3. The number of thioether (sulfide) groups is 1. The van der Waals surface area contributed by atoms with Crippen molar-refractivity contribution in [1.82, 2.24) is 15.5 Å². The number of benzene rings is 1. The molecule has 0 saturated heterocycles. The Morgan fingerprint density at radius 1 is 1.40 bits per heavy atom. The van der Waals surface area contributed by atoms with E-state index in [4.69, 9.17) is 0 Å². The van der Waals surface area contributed by atoms with Gasteiger partial charge in [-0.2, -0.15) is 5.10 Å². The average molecular weight is 288 g/mol. The average Bonchev–Trinajstić information content (AvgIpc) is 2.97. The molecule has 102 valence electrons. The highest BCUT2D eigenvalue weighted by Gasteiger charge is 2.17. The number of hydrogen-bond acceptors (Lipinski definition) is 4. The molecule has 0 aliphatic carbocycles. The summed E-state index contributed by atoms with van der Waals surface area (Å²) in [6.45, 7) is 0.386. The summed E-state index contributed by atoms with van der Waals surface area (Å²) in [6, 6.07) is 7.10. The Morgan fingerprint density at radius 2 is 2.30 bits per heavy atom. The van der Waals surface area contributed by atoms with Crippen molar-refractivity contribution in [2.75, 3.05) is 11.1 Å². The van der Waals surface area contributed by atoms with Gasteiger partial charge >= 0.3 is 0 Å². The van der Waals surface area contributed by atoms with E-state index in [0.717, 1.165) is 10.6 Å². The Morgan fingerprint density at radius 3 is 3.10 bits per heavy atom. The number of amides is 2. The molecule has 1 aliphatic rings. The molecule has 2 amide bonds. The number of aromatic nitrogens is 2. The van der Waals surface area contributed by atoms with Gasteiger partial charge in [-0.1, -0.05) is 0 Å². The summed E-state index contributed by atoms with van der Waals surface area (Å²) in [5.41, 5.74) is 2.05. The number of hydrogen-bond donors (Lipinski definition) is 3. The van der Waals surface area contributed by atoms with Crippen LogP contribution in [0.15, 0.2) is 35.4 Å². The van der Waals surface area contributed by atoms with Gasteiger partial charge in [0.2, 0.25) is 5.91 Å². The van der Waals surface area contributed by atoms with E-state index >= 15 is 0 Å². The van der Waals surface area contributed by atoms with Crippen LogP contribution in [0.2, 0.25) is 0 Å². The molecule has 1 aliphatic heterocycles. The van der Waals surface area contributed by atoms with Crippen molar-refractivity contribution in [3.8, 4) is 0 Å². The largest absolute Gasteiger partial charge is 0.346 e. The Balaban J connectivity index is 1.72. The zero-order valence-electron chi connectivity index (χ0n) is 10.5. The highest BCUT2D eigenvalue weighted by Crippen LogP contribution is 2.31. The van der Waals surface area contributed by atoms with Gasteiger partial charge < -0.3 is 10.6 Å². The number of anilines is 1. The van der Waals surface area contributed by atoms with Crippen molar-refractivity contribution in [1.29, 1.82) is 0 Å². The van der Waals surface area contributed by atoms with Crippen molar-refractivity contribution in [3.05, 3.63) is 41.7 Å². The lowest BCUT2D eigenvalue weighted by molar-refractivity contribution is -0.113. The van der Waals surface area contributed by atoms with Gasteiger partial charge in [-0.15, -0.1) is 11.8 Å². The summed E-state index contributed by atoms with van der Waals surface area (Å²) < 4.78 is 0. The van der Waals surface area contributed by atoms with E-state index in [1.54, 1.807) is 24.4 Å². The molecular weight excluding hydrogens is 276 g/mol. The van der Waals surface area contributed by atoms with Crippen LogP contribution >= 0.6 is 11.8 Å². The summed E-state index contributed by atoms with van der Waals surface area (Å²) in [5, 5.41) is 12.1. The molecule has 3 rings (SSSR count). The quantitative estimate of drug-likeness (QED) is 0.796. The molecule has 7 heteroatoms. The highest BCUT2D eigenvalue weighted by atomic mass is 32.2. The fourth-order valence-electron chi connectivity index (χ4n) is 1.89. The highest BCUT2D eigenvalue weighted by molar-refractivity contribution is 8.00. The Hall–Kier alpha value is -2.28. The lowest BCUT2D eigenvalue weighted by Crippen LogP contribution is -2.24. The Bertz CT molecular complexity index is 654. The first-order valence-electron chi connectivity index (χ1n) is 6.05. The number of nitrogens with zero attached hydrogens (tertiary/aromatic N) is 1. The zero-order valence-corrected chi connectivity index (χ0v) is 11.3. The molecular formula is C13H12N4O2S. The predicted molar refractivity (Wildman–Crippen MR) is 75.6 cm³/mol. The minimum Gasteiger partial charge on any atom is -0.346 e. The number of H-pyrrole nitrogens is 1. The third-order valence-electron chi connectivity index (χ3n) is 2.87. The Labute approximate surface area is 119 Å².